The predicted octanol–water partition coefficient (Wildman–Crippen LogP) is 3.69. The highest BCUT2D eigenvalue weighted by molar-refractivity contribution is 6.08. The van der Waals surface area contributed by atoms with E-state index in [1.54, 1.807) is 19.1 Å². The van der Waals surface area contributed by atoms with Crippen molar-refractivity contribution in [1.82, 2.24) is 9.88 Å². The Bertz CT molecular complexity index is 1030. The first-order valence-electron chi connectivity index (χ1n) is 9.42. The van der Waals surface area contributed by atoms with E-state index in [0.29, 0.717) is 16.8 Å². The highest BCUT2D eigenvalue weighted by Gasteiger charge is 2.19. The highest BCUT2D eigenvalue weighted by atomic mass is 19.1. The number of carbonyl (C=O) groups excluding carboxylic acids is 1. The van der Waals surface area contributed by atoms with Gasteiger partial charge in [0.15, 0.2) is 0 Å². The molecule has 0 atom stereocenters. The Morgan fingerprint density at radius 1 is 1.07 bits per heavy atom. The summed E-state index contributed by atoms with van der Waals surface area (Å²) in [4.78, 5) is 22.0. The van der Waals surface area contributed by atoms with Gasteiger partial charge in [-0.3, -0.25) is 9.78 Å². The lowest BCUT2D eigenvalue weighted by molar-refractivity contribution is 0.102. The smallest absolute Gasteiger partial charge is 0.257 e. The van der Waals surface area contributed by atoms with E-state index in [9.17, 15) is 9.18 Å². The maximum absolute atomic E-state index is 13.4. The van der Waals surface area contributed by atoms with Crippen LogP contribution in [0, 0.1) is 12.7 Å². The maximum Gasteiger partial charge on any atom is 0.257 e. The van der Waals surface area contributed by atoms with Crippen LogP contribution in [0.2, 0.25) is 0 Å². The average Bonchev–Trinajstić information content (AvgIpc) is 2.68. The van der Waals surface area contributed by atoms with Crippen LogP contribution in [0.5, 0.6) is 0 Å². The molecule has 0 radical (unpaired) electrons. The Morgan fingerprint density at radius 3 is 2.61 bits per heavy atom. The van der Waals surface area contributed by atoms with E-state index in [1.165, 1.54) is 12.1 Å². The lowest BCUT2D eigenvalue weighted by atomic mass is 10.1. The number of hydrogen-bond donors (Lipinski definition) is 1. The van der Waals surface area contributed by atoms with Crippen LogP contribution in [0.3, 0.4) is 0 Å². The molecule has 0 bridgehead atoms. The fourth-order valence-electron chi connectivity index (χ4n) is 3.56. The van der Waals surface area contributed by atoms with Crippen molar-refractivity contribution in [3.63, 3.8) is 0 Å². The van der Waals surface area contributed by atoms with Crippen LogP contribution in [-0.4, -0.2) is 49.0 Å². The summed E-state index contributed by atoms with van der Waals surface area (Å²) < 4.78 is 13.4. The second kappa shape index (κ2) is 7.56. The van der Waals surface area contributed by atoms with Gasteiger partial charge in [0, 0.05) is 37.6 Å². The predicted molar refractivity (Wildman–Crippen MR) is 111 cm³/mol. The van der Waals surface area contributed by atoms with E-state index in [4.69, 9.17) is 0 Å². The first-order chi connectivity index (χ1) is 13.5. The van der Waals surface area contributed by atoms with Crippen molar-refractivity contribution in [3.8, 4) is 0 Å². The molecule has 6 heteroatoms. The van der Waals surface area contributed by atoms with Gasteiger partial charge in [0.05, 0.1) is 28.1 Å². The fourth-order valence-corrected chi connectivity index (χ4v) is 3.56. The van der Waals surface area contributed by atoms with Crippen molar-refractivity contribution in [2.75, 3.05) is 43.4 Å². The Balaban J connectivity index is 1.61. The second-order valence-corrected chi connectivity index (χ2v) is 7.22. The number of anilines is 2. The van der Waals surface area contributed by atoms with Crippen molar-refractivity contribution >= 4 is 28.2 Å². The number of fused-ring (bicyclic) bond motifs is 1. The fraction of sp³-hybridized carbons (Fsp3) is 0.273. The molecular formula is C22H23FN4O. The van der Waals surface area contributed by atoms with Gasteiger partial charge >= 0.3 is 0 Å². The van der Waals surface area contributed by atoms with Crippen molar-refractivity contribution in [2.24, 2.45) is 0 Å². The van der Waals surface area contributed by atoms with Crippen LogP contribution in [0.15, 0.2) is 48.5 Å². The number of halogens is 1. The van der Waals surface area contributed by atoms with E-state index in [1.807, 2.05) is 24.3 Å². The van der Waals surface area contributed by atoms with E-state index in [0.717, 1.165) is 42.9 Å². The zero-order valence-corrected chi connectivity index (χ0v) is 16.1. The minimum atomic E-state index is -0.335. The number of benzene rings is 2. The number of aryl methyl sites for hydroxylation is 1. The molecule has 1 saturated heterocycles. The first kappa shape index (κ1) is 18.4. The van der Waals surface area contributed by atoms with Crippen LogP contribution >= 0.6 is 0 Å². The highest BCUT2D eigenvalue weighted by Crippen LogP contribution is 2.27. The molecule has 2 heterocycles. The summed E-state index contributed by atoms with van der Waals surface area (Å²) in [6.07, 6.45) is 0. The molecule has 0 spiro atoms. The summed E-state index contributed by atoms with van der Waals surface area (Å²) >= 11 is 0. The topological polar surface area (TPSA) is 48.5 Å². The van der Waals surface area contributed by atoms with Crippen molar-refractivity contribution in [2.45, 2.75) is 6.92 Å². The molecule has 1 aliphatic heterocycles. The number of para-hydroxylation sites is 2. The first-order valence-corrected chi connectivity index (χ1v) is 9.42. The van der Waals surface area contributed by atoms with Gasteiger partial charge in [-0.1, -0.05) is 12.1 Å². The molecule has 144 valence electrons. The minimum Gasteiger partial charge on any atom is -0.367 e. The standard InChI is InChI=1S/C22H23FN4O/c1-15-18(13-16-7-8-17(23)14-20(16)24-15)22(28)25-19-5-3-4-6-21(19)27-11-9-26(2)10-12-27/h3-8,13-14H,9-12H2,1-2H3,(H,25,28). The molecule has 3 aromatic rings. The number of hydrogen-bond acceptors (Lipinski definition) is 4. The van der Waals surface area contributed by atoms with Crippen LogP contribution in [0.25, 0.3) is 10.9 Å². The summed E-state index contributed by atoms with van der Waals surface area (Å²) in [6, 6.07) is 14.0. The lowest BCUT2D eigenvalue weighted by Crippen LogP contribution is -2.44. The Hall–Kier alpha value is -2.99. The molecule has 1 aliphatic rings. The molecule has 0 saturated carbocycles. The zero-order valence-electron chi connectivity index (χ0n) is 16.1. The van der Waals surface area contributed by atoms with Crippen molar-refractivity contribution in [1.29, 1.82) is 0 Å². The van der Waals surface area contributed by atoms with E-state index < -0.39 is 0 Å². The molecule has 1 aromatic heterocycles. The quantitative estimate of drug-likeness (QED) is 0.755. The summed E-state index contributed by atoms with van der Waals surface area (Å²) in [5.41, 5.74) is 3.43. The van der Waals surface area contributed by atoms with Gasteiger partial charge in [0.2, 0.25) is 0 Å². The monoisotopic (exact) mass is 378 g/mol. The van der Waals surface area contributed by atoms with E-state index in [2.05, 4.69) is 27.1 Å². The van der Waals surface area contributed by atoms with Gasteiger partial charge in [-0.05, 0) is 44.3 Å². The Labute approximate surface area is 163 Å². The largest absolute Gasteiger partial charge is 0.367 e. The van der Waals surface area contributed by atoms with E-state index in [-0.39, 0.29) is 11.7 Å². The number of nitrogens with zero attached hydrogens (tertiary/aromatic N) is 3. The van der Waals surface area contributed by atoms with Gasteiger partial charge in [-0.2, -0.15) is 0 Å². The number of nitrogens with one attached hydrogen (secondary N) is 1. The summed E-state index contributed by atoms with van der Waals surface area (Å²) in [6.45, 7) is 5.60. The van der Waals surface area contributed by atoms with Gasteiger partial charge in [0.25, 0.3) is 5.91 Å². The Kier molecular flexibility index (Phi) is 4.96. The lowest BCUT2D eigenvalue weighted by Gasteiger charge is -2.35. The van der Waals surface area contributed by atoms with Crippen LogP contribution in [0.1, 0.15) is 16.1 Å². The molecule has 0 aliphatic carbocycles. The second-order valence-electron chi connectivity index (χ2n) is 7.22. The third-order valence-electron chi connectivity index (χ3n) is 5.21. The molecule has 4 rings (SSSR count). The van der Waals surface area contributed by atoms with Gasteiger partial charge in [-0.25, -0.2) is 4.39 Å². The molecule has 2 aromatic carbocycles. The maximum atomic E-state index is 13.4. The number of likely N-dealkylation sites (N-methyl/N-ethyl adjacent to an activating group) is 1. The van der Waals surface area contributed by atoms with Gasteiger partial charge < -0.3 is 15.1 Å². The van der Waals surface area contributed by atoms with Crippen LogP contribution in [-0.2, 0) is 0 Å². The van der Waals surface area contributed by atoms with Gasteiger partial charge in [-0.15, -0.1) is 0 Å². The van der Waals surface area contributed by atoms with Crippen molar-refractivity contribution < 1.29 is 9.18 Å². The number of pyridine rings is 1. The summed E-state index contributed by atoms with van der Waals surface area (Å²) in [7, 11) is 2.12. The van der Waals surface area contributed by atoms with Gasteiger partial charge in [0.1, 0.15) is 5.82 Å². The molecule has 1 N–H and O–H groups in total. The number of rotatable bonds is 3. The number of piperazine rings is 1. The summed E-state index contributed by atoms with van der Waals surface area (Å²) in [5, 5.41) is 3.78. The Morgan fingerprint density at radius 2 is 1.82 bits per heavy atom. The molecule has 5 nitrogen and oxygen atoms in total. The number of amides is 1. The molecule has 1 fully saturated rings. The average molecular weight is 378 g/mol. The third-order valence-corrected chi connectivity index (χ3v) is 5.21. The van der Waals surface area contributed by atoms with Crippen LogP contribution < -0.4 is 10.2 Å². The van der Waals surface area contributed by atoms with E-state index >= 15 is 0 Å². The van der Waals surface area contributed by atoms with Crippen LogP contribution in [0.4, 0.5) is 15.8 Å². The minimum absolute atomic E-state index is 0.210. The zero-order chi connectivity index (χ0) is 19.7. The summed E-state index contributed by atoms with van der Waals surface area (Å²) in [5.74, 6) is -0.546. The SMILES string of the molecule is Cc1nc2cc(F)ccc2cc1C(=O)Nc1ccccc1N1CCN(C)CC1. The molecule has 0 unspecified atom stereocenters. The van der Waals surface area contributed by atoms with Crippen molar-refractivity contribution in [3.05, 3.63) is 65.6 Å². The molecular weight excluding hydrogens is 355 g/mol. The molecule has 28 heavy (non-hydrogen) atoms. The molecule has 1 amide bonds. The normalized spacial score (nSPS) is 15.0. The number of carbonyl (C=O) groups is 1. The number of aromatic nitrogens is 1. The third kappa shape index (κ3) is 3.68.